The van der Waals surface area contributed by atoms with E-state index in [1.165, 1.54) is 11.8 Å². The Morgan fingerprint density at radius 2 is 1.74 bits per heavy atom. The van der Waals surface area contributed by atoms with Gasteiger partial charge in [0.25, 0.3) is 0 Å². The number of halogens is 1. The number of rotatable bonds is 9. The lowest BCUT2D eigenvalue weighted by Crippen LogP contribution is -2.41. The van der Waals surface area contributed by atoms with Crippen LogP contribution in [-0.4, -0.2) is 43.5 Å². The van der Waals surface area contributed by atoms with Crippen LogP contribution in [0, 0.1) is 0 Å². The second-order valence-electron chi connectivity index (χ2n) is 5.83. The number of benzene rings is 2. The van der Waals surface area contributed by atoms with E-state index >= 15 is 0 Å². The fourth-order valence-corrected chi connectivity index (χ4v) is 2.56. The van der Waals surface area contributed by atoms with Crippen LogP contribution >= 0.6 is 11.6 Å². The number of carbonyl (C=O) groups excluding carboxylic acids is 2. The molecule has 7 heteroatoms. The van der Waals surface area contributed by atoms with Crippen molar-refractivity contribution in [3.8, 4) is 11.5 Å². The zero-order chi connectivity index (χ0) is 19.6. The second kappa shape index (κ2) is 10.4. The van der Waals surface area contributed by atoms with E-state index in [1.807, 2.05) is 18.2 Å². The Morgan fingerprint density at radius 1 is 1.07 bits per heavy atom. The smallest absolute Gasteiger partial charge is 0.239 e. The van der Waals surface area contributed by atoms with E-state index in [1.54, 1.807) is 37.4 Å². The highest BCUT2D eigenvalue weighted by atomic mass is 35.5. The highest BCUT2D eigenvalue weighted by Gasteiger charge is 2.14. The van der Waals surface area contributed by atoms with Gasteiger partial charge in [0.1, 0.15) is 18.1 Å². The number of hydrogen-bond donors (Lipinski definition) is 1. The topological polar surface area (TPSA) is 67.9 Å². The lowest BCUT2D eigenvalue weighted by molar-refractivity contribution is -0.134. The molecular formula is C20H23ClN2O4. The molecule has 2 rings (SSSR count). The molecule has 2 aromatic rings. The summed E-state index contributed by atoms with van der Waals surface area (Å²) in [4.78, 5) is 25.4. The van der Waals surface area contributed by atoms with Gasteiger partial charge >= 0.3 is 0 Å². The van der Waals surface area contributed by atoms with E-state index in [9.17, 15) is 9.59 Å². The summed E-state index contributed by atoms with van der Waals surface area (Å²) in [6.07, 6.45) is 0. The van der Waals surface area contributed by atoms with Gasteiger partial charge in [0, 0.05) is 18.5 Å². The van der Waals surface area contributed by atoms with Gasteiger partial charge in [0.15, 0.2) is 0 Å². The molecule has 0 atom stereocenters. The molecule has 0 heterocycles. The summed E-state index contributed by atoms with van der Waals surface area (Å²) < 4.78 is 10.7. The van der Waals surface area contributed by atoms with Gasteiger partial charge in [-0.1, -0.05) is 29.8 Å². The first-order chi connectivity index (χ1) is 13.0. The van der Waals surface area contributed by atoms with Crippen molar-refractivity contribution >= 4 is 23.4 Å². The Morgan fingerprint density at radius 3 is 2.37 bits per heavy atom. The molecule has 27 heavy (non-hydrogen) atoms. The van der Waals surface area contributed by atoms with Crippen LogP contribution in [-0.2, 0) is 16.1 Å². The zero-order valence-corrected chi connectivity index (χ0v) is 16.2. The number of nitrogens with one attached hydrogen (secondary N) is 1. The van der Waals surface area contributed by atoms with Crippen LogP contribution in [0.2, 0.25) is 5.02 Å². The molecular weight excluding hydrogens is 368 g/mol. The minimum atomic E-state index is -0.255. The molecule has 2 aromatic carbocycles. The number of hydrogen-bond acceptors (Lipinski definition) is 4. The SMILES string of the molecule is COc1ccc(OCCN(CC(=O)NCc2ccccc2Cl)C(C)=O)cc1. The molecule has 144 valence electrons. The third kappa shape index (κ3) is 6.83. The normalized spacial score (nSPS) is 10.2. The van der Waals surface area contributed by atoms with Gasteiger partial charge in [-0.05, 0) is 35.9 Å². The summed E-state index contributed by atoms with van der Waals surface area (Å²) >= 11 is 6.07. The predicted octanol–water partition coefficient (Wildman–Crippen LogP) is 2.89. The first kappa shape index (κ1) is 20.6. The highest BCUT2D eigenvalue weighted by molar-refractivity contribution is 6.31. The van der Waals surface area contributed by atoms with Crippen molar-refractivity contribution in [1.29, 1.82) is 0 Å². The molecule has 0 radical (unpaired) electrons. The van der Waals surface area contributed by atoms with Gasteiger partial charge in [0.2, 0.25) is 11.8 Å². The van der Waals surface area contributed by atoms with E-state index in [0.717, 1.165) is 11.3 Å². The van der Waals surface area contributed by atoms with Gasteiger partial charge < -0.3 is 19.7 Å². The Bertz CT molecular complexity index is 765. The van der Waals surface area contributed by atoms with Crippen molar-refractivity contribution in [2.75, 3.05) is 26.8 Å². The van der Waals surface area contributed by atoms with Gasteiger partial charge in [-0.3, -0.25) is 9.59 Å². The molecule has 6 nitrogen and oxygen atoms in total. The fraction of sp³-hybridized carbons (Fsp3) is 0.300. The van der Waals surface area contributed by atoms with Crippen molar-refractivity contribution in [2.45, 2.75) is 13.5 Å². The minimum Gasteiger partial charge on any atom is -0.497 e. The first-order valence-corrected chi connectivity index (χ1v) is 8.90. The number of nitrogens with zero attached hydrogens (tertiary/aromatic N) is 1. The summed E-state index contributed by atoms with van der Waals surface area (Å²) in [5, 5.41) is 3.37. The van der Waals surface area contributed by atoms with Gasteiger partial charge in [-0.25, -0.2) is 0 Å². The number of carbonyl (C=O) groups is 2. The van der Waals surface area contributed by atoms with Crippen molar-refractivity contribution in [1.82, 2.24) is 10.2 Å². The van der Waals surface area contributed by atoms with Crippen molar-refractivity contribution in [2.24, 2.45) is 0 Å². The zero-order valence-electron chi connectivity index (χ0n) is 15.4. The molecule has 0 aliphatic carbocycles. The molecule has 0 bridgehead atoms. The average molecular weight is 391 g/mol. The molecule has 0 aromatic heterocycles. The molecule has 1 N–H and O–H groups in total. The largest absolute Gasteiger partial charge is 0.497 e. The lowest BCUT2D eigenvalue weighted by atomic mass is 10.2. The lowest BCUT2D eigenvalue weighted by Gasteiger charge is -2.20. The number of ether oxygens (including phenoxy) is 2. The molecule has 2 amide bonds. The van der Waals surface area contributed by atoms with Crippen LogP contribution in [0.4, 0.5) is 0 Å². The molecule has 0 saturated carbocycles. The predicted molar refractivity (Wildman–Crippen MR) is 104 cm³/mol. The van der Waals surface area contributed by atoms with E-state index < -0.39 is 0 Å². The average Bonchev–Trinajstić information content (AvgIpc) is 2.67. The summed E-state index contributed by atoms with van der Waals surface area (Å²) in [6, 6.07) is 14.4. The molecule has 0 saturated heterocycles. The van der Waals surface area contributed by atoms with E-state index in [0.29, 0.717) is 23.9 Å². The molecule has 0 aliphatic heterocycles. The maximum absolute atomic E-state index is 12.1. The standard InChI is InChI=1S/C20H23ClN2O4/c1-15(24)23(11-12-27-18-9-7-17(26-2)8-10-18)14-20(25)22-13-16-5-3-4-6-19(16)21/h3-10H,11-14H2,1-2H3,(H,22,25). The molecule has 0 fully saturated rings. The van der Waals surface area contributed by atoms with Crippen LogP contribution in [0.25, 0.3) is 0 Å². The molecule has 0 spiro atoms. The second-order valence-corrected chi connectivity index (χ2v) is 6.24. The van der Waals surface area contributed by atoms with E-state index in [4.69, 9.17) is 21.1 Å². The Hall–Kier alpha value is -2.73. The van der Waals surface area contributed by atoms with Crippen LogP contribution in [0.1, 0.15) is 12.5 Å². The van der Waals surface area contributed by atoms with Crippen molar-refractivity contribution < 1.29 is 19.1 Å². The van der Waals surface area contributed by atoms with Crippen LogP contribution in [0.5, 0.6) is 11.5 Å². The van der Waals surface area contributed by atoms with Crippen LogP contribution in [0.3, 0.4) is 0 Å². The third-order valence-corrected chi connectivity index (χ3v) is 4.27. The van der Waals surface area contributed by atoms with Gasteiger partial charge in [-0.2, -0.15) is 0 Å². The monoisotopic (exact) mass is 390 g/mol. The maximum Gasteiger partial charge on any atom is 0.239 e. The molecule has 0 unspecified atom stereocenters. The summed E-state index contributed by atoms with van der Waals surface area (Å²) in [5.74, 6) is 0.959. The fourth-order valence-electron chi connectivity index (χ4n) is 2.36. The van der Waals surface area contributed by atoms with Crippen LogP contribution < -0.4 is 14.8 Å². The Labute approximate surface area is 164 Å². The first-order valence-electron chi connectivity index (χ1n) is 8.52. The maximum atomic E-state index is 12.1. The molecule has 0 aliphatic rings. The van der Waals surface area contributed by atoms with Crippen LogP contribution in [0.15, 0.2) is 48.5 Å². The van der Waals surface area contributed by atoms with E-state index in [2.05, 4.69) is 5.32 Å². The van der Waals surface area contributed by atoms with E-state index in [-0.39, 0.29) is 25.0 Å². The summed E-state index contributed by atoms with van der Waals surface area (Å²) in [7, 11) is 1.59. The quantitative estimate of drug-likeness (QED) is 0.714. The minimum absolute atomic E-state index is 0.0360. The highest BCUT2D eigenvalue weighted by Crippen LogP contribution is 2.17. The summed E-state index contributed by atoms with van der Waals surface area (Å²) in [5.41, 5.74) is 0.824. The van der Waals surface area contributed by atoms with Crippen molar-refractivity contribution in [3.05, 3.63) is 59.1 Å². The summed E-state index contributed by atoms with van der Waals surface area (Å²) in [6.45, 7) is 2.29. The Kier molecular flexibility index (Phi) is 7.95. The van der Waals surface area contributed by atoms with Gasteiger partial charge in [-0.15, -0.1) is 0 Å². The number of methoxy groups -OCH3 is 1. The van der Waals surface area contributed by atoms with Crippen molar-refractivity contribution in [3.63, 3.8) is 0 Å². The van der Waals surface area contributed by atoms with Gasteiger partial charge in [0.05, 0.1) is 20.2 Å². The third-order valence-electron chi connectivity index (χ3n) is 3.90. The Balaban J connectivity index is 1.79. The number of amides is 2.